The second-order valence-electron chi connectivity index (χ2n) is 7.23. The summed E-state index contributed by atoms with van der Waals surface area (Å²) in [6.45, 7) is 7.29. The molecular formula is C22H23F2N5. The normalized spacial score (nSPS) is 14.2. The molecule has 1 N–H and O–H groups in total. The van der Waals surface area contributed by atoms with Gasteiger partial charge in [-0.25, -0.2) is 13.8 Å². The van der Waals surface area contributed by atoms with Crippen molar-refractivity contribution in [3.05, 3.63) is 71.4 Å². The molecule has 1 aliphatic rings. The number of halogens is 2. The molecule has 0 bridgehead atoms. The van der Waals surface area contributed by atoms with E-state index in [1.54, 1.807) is 0 Å². The zero-order valence-electron chi connectivity index (χ0n) is 16.5. The summed E-state index contributed by atoms with van der Waals surface area (Å²) < 4.78 is 27.9. The van der Waals surface area contributed by atoms with Gasteiger partial charge >= 0.3 is 0 Å². The van der Waals surface area contributed by atoms with Crippen LogP contribution in [0.4, 0.5) is 31.9 Å². The summed E-state index contributed by atoms with van der Waals surface area (Å²) in [5, 5.41) is 2.69. The molecule has 1 fully saturated rings. The number of hydrogen-bond acceptors (Lipinski definition) is 5. The molecule has 3 aromatic rings. The minimum atomic E-state index is -0.677. The van der Waals surface area contributed by atoms with Crippen LogP contribution in [-0.4, -0.2) is 36.1 Å². The predicted octanol–water partition coefficient (Wildman–Crippen LogP) is 4.44. The molecule has 0 radical (unpaired) electrons. The van der Waals surface area contributed by atoms with Gasteiger partial charge in [-0.1, -0.05) is 18.2 Å². The van der Waals surface area contributed by atoms with Crippen molar-refractivity contribution in [2.75, 3.05) is 41.3 Å². The van der Waals surface area contributed by atoms with Crippen LogP contribution >= 0.6 is 0 Å². The lowest BCUT2D eigenvalue weighted by atomic mass is 10.2. The van der Waals surface area contributed by atoms with Crippen LogP contribution in [0.25, 0.3) is 0 Å². The third-order valence-electron chi connectivity index (χ3n) is 5.01. The van der Waals surface area contributed by atoms with E-state index in [0.717, 1.165) is 37.7 Å². The van der Waals surface area contributed by atoms with Crippen molar-refractivity contribution in [3.8, 4) is 0 Å². The summed E-state index contributed by atoms with van der Waals surface area (Å²) >= 11 is 0. The van der Waals surface area contributed by atoms with Crippen LogP contribution in [0.3, 0.4) is 0 Å². The number of hydrogen-bond donors (Lipinski definition) is 1. The van der Waals surface area contributed by atoms with Gasteiger partial charge in [0.05, 0.1) is 0 Å². The van der Waals surface area contributed by atoms with Crippen molar-refractivity contribution in [1.29, 1.82) is 0 Å². The average molecular weight is 395 g/mol. The molecule has 150 valence electrons. The van der Waals surface area contributed by atoms with Crippen molar-refractivity contribution in [2.24, 2.45) is 0 Å². The summed E-state index contributed by atoms with van der Waals surface area (Å²) in [6.07, 6.45) is 0. The van der Waals surface area contributed by atoms with E-state index in [2.05, 4.69) is 56.3 Å². The van der Waals surface area contributed by atoms with Gasteiger partial charge in [-0.15, -0.1) is 0 Å². The Labute approximate surface area is 169 Å². The lowest BCUT2D eigenvalue weighted by Crippen LogP contribution is -2.47. The van der Waals surface area contributed by atoms with E-state index in [4.69, 9.17) is 0 Å². The Morgan fingerprint density at radius 1 is 0.828 bits per heavy atom. The molecule has 0 aliphatic carbocycles. The average Bonchev–Trinajstić information content (AvgIpc) is 2.71. The molecule has 1 saturated heterocycles. The second-order valence-corrected chi connectivity index (χ2v) is 7.23. The van der Waals surface area contributed by atoms with Crippen LogP contribution in [-0.2, 0) is 0 Å². The van der Waals surface area contributed by atoms with Crippen molar-refractivity contribution >= 4 is 23.1 Å². The van der Waals surface area contributed by atoms with Gasteiger partial charge in [-0.2, -0.15) is 4.98 Å². The Bertz CT molecular complexity index is 996. The van der Waals surface area contributed by atoms with Crippen LogP contribution in [0.1, 0.15) is 11.3 Å². The molecule has 7 heteroatoms. The summed E-state index contributed by atoms with van der Waals surface area (Å²) in [6, 6.07) is 14.1. The van der Waals surface area contributed by atoms with Crippen molar-refractivity contribution in [1.82, 2.24) is 9.97 Å². The summed E-state index contributed by atoms with van der Waals surface area (Å²) in [7, 11) is 0. The molecule has 0 spiro atoms. The van der Waals surface area contributed by atoms with Crippen LogP contribution < -0.4 is 15.1 Å². The van der Waals surface area contributed by atoms with Gasteiger partial charge in [0.15, 0.2) is 0 Å². The number of aromatic nitrogens is 2. The molecule has 2 heterocycles. The maximum Gasteiger partial charge on any atom is 0.229 e. The molecular weight excluding hydrogens is 372 g/mol. The molecule has 2 aromatic carbocycles. The third kappa shape index (κ3) is 4.29. The Hall–Kier alpha value is -3.22. The largest absolute Gasteiger partial charge is 0.368 e. The molecule has 1 aliphatic heterocycles. The maximum atomic E-state index is 14.0. The van der Waals surface area contributed by atoms with Gasteiger partial charge < -0.3 is 15.1 Å². The first-order chi connectivity index (χ1) is 14.0. The number of para-hydroxylation sites is 1. The van der Waals surface area contributed by atoms with E-state index in [1.807, 2.05) is 13.0 Å². The van der Waals surface area contributed by atoms with E-state index >= 15 is 0 Å². The number of piperazine rings is 1. The molecule has 4 rings (SSSR count). The van der Waals surface area contributed by atoms with Crippen LogP contribution in [0, 0.1) is 25.5 Å². The molecule has 0 amide bonds. The van der Waals surface area contributed by atoms with Gasteiger partial charge in [-0.3, -0.25) is 0 Å². The minimum absolute atomic E-state index is 0.185. The number of nitrogens with zero attached hydrogens (tertiary/aromatic N) is 4. The van der Waals surface area contributed by atoms with Crippen LogP contribution in [0.5, 0.6) is 0 Å². The summed E-state index contributed by atoms with van der Waals surface area (Å²) in [5.74, 6) is -0.419. The molecule has 29 heavy (non-hydrogen) atoms. The van der Waals surface area contributed by atoms with Crippen molar-refractivity contribution < 1.29 is 8.78 Å². The Kier molecular flexibility index (Phi) is 5.29. The van der Waals surface area contributed by atoms with E-state index in [9.17, 15) is 8.78 Å². The Morgan fingerprint density at radius 3 is 2.17 bits per heavy atom. The van der Waals surface area contributed by atoms with Gasteiger partial charge in [0.25, 0.3) is 0 Å². The van der Waals surface area contributed by atoms with E-state index < -0.39 is 11.6 Å². The molecule has 5 nitrogen and oxygen atoms in total. The second kappa shape index (κ2) is 8.03. The van der Waals surface area contributed by atoms with Gasteiger partial charge in [0, 0.05) is 43.6 Å². The lowest BCUT2D eigenvalue weighted by Gasteiger charge is -2.37. The first-order valence-corrected chi connectivity index (χ1v) is 9.63. The fourth-order valence-corrected chi connectivity index (χ4v) is 3.52. The van der Waals surface area contributed by atoms with Gasteiger partial charge in [0.1, 0.15) is 23.1 Å². The zero-order valence-corrected chi connectivity index (χ0v) is 16.5. The standard InChI is InChI=1S/C22H23F2N5/c1-15-5-3-6-17(13-15)28-9-11-29(12-10-28)20-14-16(2)25-22(26-20)27-21-18(23)7-4-8-19(21)24/h3-8,13-14H,9-12H2,1-2H3,(H,25,26,27). The Balaban J connectivity index is 1.50. The van der Waals surface area contributed by atoms with Gasteiger partial charge in [0.2, 0.25) is 5.95 Å². The number of anilines is 4. The topological polar surface area (TPSA) is 44.3 Å². The SMILES string of the molecule is Cc1cccc(N2CCN(c3cc(C)nc(Nc4c(F)cccc4F)n3)CC2)c1. The number of aryl methyl sites for hydroxylation is 2. The first-order valence-electron chi connectivity index (χ1n) is 9.63. The summed E-state index contributed by atoms with van der Waals surface area (Å²) in [4.78, 5) is 13.3. The highest BCUT2D eigenvalue weighted by molar-refractivity contribution is 5.58. The summed E-state index contributed by atoms with van der Waals surface area (Å²) in [5.41, 5.74) is 2.96. The lowest BCUT2D eigenvalue weighted by molar-refractivity contribution is 0.590. The van der Waals surface area contributed by atoms with Crippen LogP contribution in [0.15, 0.2) is 48.5 Å². The first kappa shape index (κ1) is 19.1. The van der Waals surface area contributed by atoms with Crippen LogP contribution in [0.2, 0.25) is 0 Å². The monoisotopic (exact) mass is 395 g/mol. The van der Waals surface area contributed by atoms with E-state index in [0.29, 0.717) is 0 Å². The smallest absolute Gasteiger partial charge is 0.229 e. The molecule has 1 aromatic heterocycles. The number of benzene rings is 2. The highest BCUT2D eigenvalue weighted by atomic mass is 19.1. The highest BCUT2D eigenvalue weighted by Crippen LogP contribution is 2.24. The zero-order chi connectivity index (χ0) is 20.4. The van der Waals surface area contributed by atoms with Crippen molar-refractivity contribution in [3.63, 3.8) is 0 Å². The van der Waals surface area contributed by atoms with E-state index in [-0.39, 0.29) is 11.6 Å². The minimum Gasteiger partial charge on any atom is -0.368 e. The molecule has 0 unspecified atom stereocenters. The molecule has 0 atom stereocenters. The van der Waals surface area contributed by atoms with E-state index in [1.165, 1.54) is 29.4 Å². The number of nitrogens with one attached hydrogen (secondary N) is 1. The highest BCUT2D eigenvalue weighted by Gasteiger charge is 2.20. The fourth-order valence-electron chi connectivity index (χ4n) is 3.52. The molecule has 0 saturated carbocycles. The van der Waals surface area contributed by atoms with Gasteiger partial charge in [-0.05, 0) is 43.7 Å². The quantitative estimate of drug-likeness (QED) is 0.708. The number of rotatable bonds is 4. The fraction of sp³-hybridized carbons (Fsp3) is 0.273. The predicted molar refractivity (Wildman–Crippen MR) is 112 cm³/mol. The van der Waals surface area contributed by atoms with Crippen molar-refractivity contribution in [2.45, 2.75) is 13.8 Å². The third-order valence-corrected chi connectivity index (χ3v) is 5.01. The Morgan fingerprint density at radius 2 is 1.48 bits per heavy atom. The maximum absolute atomic E-state index is 14.0.